The Morgan fingerprint density at radius 3 is 2.90 bits per heavy atom. The summed E-state index contributed by atoms with van der Waals surface area (Å²) in [5.74, 6) is 1.80. The van der Waals surface area contributed by atoms with Crippen molar-refractivity contribution in [3.8, 4) is 17.2 Å². The van der Waals surface area contributed by atoms with E-state index >= 15 is 0 Å². The quantitative estimate of drug-likeness (QED) is 0.582. The molecule has 0 N–H and O–H groups in total. The third-order valence-corrected chi connectivity index (χ3v) is 5.47. The van der Waals surface area contributed by atoms with Crippen molar-refractivity contribution in [1.29, 1.82) is 0 Å². The van der Waals surface area contributed by atoms with Gasteiger partial charge in [-0.2, -0.15) is 4.99 Å². The zero-order valence-corrected chi connectivity index (χ0v) is 16.9. The summed E-state index contributed by atoms with van der Waals surface area (Å²) in [5, 5.41) is 0. The smallest absolute Gasteiger partial charge is 0.272 e. The number of fused-ring (bicyclic) bond motifs is 2. The Bertz CT molecular complexity index is 1150. The standard InChI is InChI=1S/C21H20N2O5S/c1-25-10-9-23-16-6-5-15(26-2)12-19(16)29-21(23)22-20(24)8-4-14-3-7-17-18(11-14)28-13-27-17/h3-8,11-12H,9-10,13H2,1-2H3/b8-4-,22-21?. The maximum Gasteiger partial charge on any atom is 0.272 e. The molecule has 0 unspecified atom stereocenters. The molecular formula is C21H20N2O5S. The van der Waals surface area contributed by atoms with E-state index in [4.69, 9.17) is 18.9 Å². The number of thiazole rings is 1. The number of benzene rings is 2. The van der Waals surface area contributed by atoms with Crippen molar-refractivity contribution in [3.05, 3.63) is 52.8 Å². The summed E-state index contributed by atoms with van der Waals surface area (Å²) in [6.07, 6.45) is 3.16. The van der Waals surface area contributed by atoms with Crippen molar-refractivity contribution in [2.75, 3.05) is 27.6 Å². The van der Waals surface area contributed by atoms with Gasteiger partial charge in [-0.25, -0.2) is 0 Å². The number of hydrogen-bond acceptors (Lipinski definition) is 6. The Hall–Kier alpha value is -3.10. The Balaban J connectivity index is 1.64. The third kappa shape index (κ3) is 4.18. The van der Waals surface area contributed by atoms with Gasteiger partial charge in [0.2, 0.25) is 6.79 Å². The average Bonchev–Trinajstić information content (AvgIpc) is 3.33. The second kappa shape index (κ2) is 8.50. The van der Waals surface area contributed by atoms with Gasteiger partial charge in [0.15, 0.2) is 16.3 Å². The minimum atomic E-state index is -0.340. The fourth-order valence-corrected chi connectivity index (χ4v) is 4.07. The molecule has 1 aliphatic heterocycles. The summed E-state index contributed by atoms with van der Waals surface area (Å²) >= 11 is 1.44. The van der Waals surface area contributed by atoms with Crippen molar-refractivity contribution in [3.63, 3.8) is 0 Å². The number of rotatable bonds is 6. The molecule has 3 aromatic rings. The van der Waals surface area contributed by atoms with Crippen LogP contribution in [0.4, 0.5) is 0 Å². The van der Waals surface area contributed by atoms with E-state index in [1.165, 1.54) is 17.4 Å². The fourth-order valence-electron chi connectivity index (χ4n) is 2.98. The van der Waals surface area contributed by atoms with E-state index in [1.807, 2.05) is 41.0 Å². The number of carbonyl (C=O) groups is 1. The highest BCUT2D eigenvalue weighted by Crippen LogP contribution is 2.32. The van der Waals surface area contributed by atoms with Crippen LogP contribution in [0.2, 0.25) is 0 Å². The van der Waals surface area contributed by atoms with E-state index in [0.717, 1.165) is 21.5 Å². The third-order valence-electron chi connectivity index (χ3n) is 4.43. The van der Waals surface area contributed by atoms with Gasteiger partial charge in [-0.1, -0.05) is 17.4 Å². The fraction of sp³-hybridized carbons (Fsp3) is 0.238. The predicted molar refractivity (Wildman–Crippen MR) is 110 cm³/mol. The Morgan fingerprint density at radius 1 is 1.21 bits per heavy atom. The molecule has 1 aromatic heterocycles. The lowest BCUT2D eigenvalue weighted by atomic mass is 10.2. The largest absolute Gasteiger partial charge is 0.497 e. The van der Waals surface area contributed by atoms with Gasteiger partial charge in [0.25, 0.3) is 5.91 Å². The highest BCUT2D eigenvalue weighted by Gasteiger charge is 2.12. The zero-order chi connectivity index (χ0) is 20.2. The molecule has 0 fully saturated rings. The summed E-state index contributed by atoms with van der Waals surface area (Å²) in [7, 11) is 3.28. The molecule has 0 bridgehead atoms. The van der Waals surface area contributed by atoms with E-state index in [-0.39, 0.29) is 12.7 Å². The molecule has 1 aliphatic rings. The van der Waals surface area contributed by atoms with Crippen molar-refractivity contribution in [2.45, 2.75) is 6.54 Å². The van der Waals surface area contributed by atoms with Crippen LogP contribution in [-0.2, 0) is 16.1 Å². The first-order valence-electron chi connectivity index (χ1n) is 9.00. The molecule has 7 nitrogen and oxygen atoms in total. The van der Waals surface area contributed by atoms with Crippen LogP contribution in [0.25, 0.3) is 16.3 Å². The maximum atomic E-state index is 12.5. The van der Waals surface area contributed by atoms with E-state index in [2.05, 4.69) is 4.99 Å². The molecule has 1 amide bonds. The lowest BCUT2D eigenvalue weighted by Gasteiger charge is -2.04. The molecule has 2 heterocycles. The van der Waals surface area contributed by atoms with Crippen molar-refractivity contribution in [1.82, 2.24) is 4.57 Å². The van der Waals surface area contributed by atoms with Crippen LogP contribution >= 0.6 is 11.3 Å². The second-order valence-electron chi connectivity index (χ2n) is 6.26. The summed E-state index contributed by atoms with van der Waals surface area (Å²) in [5.41, 5.74) is 1.82. The molecule has 8 heteroatoms. The summed E-state index contributed by atoms with van der Waals surface area (Å²) in [6.45, 7) is 1.34. The number of methoxy groups -OCH3 is 2. The van der Waals surface area contributed by atoms with Crippen LogP contribution < -0.4 is 19.0 Å². The highest BCUT2D eigenvalue weighted by atomic mass is 32.1. The number of carbonyl (C=O) groups excluding carboxylic acids is 1. The van der Waals surface area contributed by atoms with Gasteiger partial charge >= 0.3 is 0 Å². The van der Waals surface area contributed by atoms with Crippen LogP contribution in [0, 0.1) is 0 Å². The molecule has 2 aromatic carbocycles. The van der Waals surface area contributed by atoms with E-state index in [9.17, 15) is 4.79 Å². The van der Waals surface area contributed by atoms with E-state index < -0.39 is 0 Å². The minimum absolute atomic E-state index is 0.217. The number of aromatic nitrogens is 1. The molecule has 4 rings (SSSR count). The minimum Gasteiger partial charge on any atom is -0.497 e. The predicted octanol–water partition coefficient (Wildman–Crippen LogP) is 3.23. The molecule has 0 atom stereocenters. The van der Waals surface area contributed by atoms with Crippen LogP contribution in [0.1, 0.15) is 5.56 Å². The number of amides is 1. The highest BCUT2D eigenvalue weighted by molar-refractivity contribution is 7.16. The normalized spacial score (nSPS) is 13.5. The first kappa shape index (κ1) is 19.2. The molecule has 0 radical (unpaired) electrons. The first-order valence-corrected chi connectivity index (χ1v) is 9.82. The summed E-state index contributed by atoms with van der Waals surface area (Å²) in [4.78, 5) is 17.4. The number of nitrogens with zero attached hydrogens (tertiary/aromatic N) is 2. The summed E-state index contributed by atoms with van der Waals surface area (Å²) in [6, 6.07) is 11.3. The van der Waals surface area contributed by atoms with Crippen molar-refractivity contribution in [2.24, 2.45) is 4.99 Å². The second-order valence-corrected chi connectivity index (χ2v) is 7.27. The number of hydrogen-bond donors (Lipinski definition) is 0. The van der Waals surface area contributed by atoms with Gasteiger partial charge in [0.05, 0.1) is 23.9 Å². The van der Waals surface area contributed by atoms with Crippen LogP contribution in [-0.4, -0.2) is 38.1 Å². The van der Waals surface area contributed by atoms with Gasteiger partial charge < -0.3 is 23.5 Å². The van der Waals surface area contributed by atoms with Crippen LogP contribution in [0.5, 0.6) is 17.2 Å². The van der Waals surface area contributed by atoms with Gasteiger partial charge in [-0.05, 0) is 42.0 Å². The molecule has 0 saturated heterocycles. The lowest BCUT2D eigenvalue weighted by molar-refractivity contribution is -0.113. The van der Waals surface area contributed by atoms with Gasteiger partial charge in [-0.3, -0.25) is 4.79 Å². The molecule has 0 spiro atoms. The monoisotopic (exact) mass is 412 g/mol. The first-order chi connectivity index (χ1) is 14.2. The maximum absolute atomic E-state index is 12.5. The topological polar surface area (TPSA) is 71.3 Å². The molecular weight excluding hydrogens is 392 g/mol. The van der Waals surface area contributed by atoms with Gasteiger partial charge in [-0.15, -0.1) is 0 Å². The zero-order valence-electron chi connectivity index (χ0n) is 16.1. The van der Waals surface area contributed by atoms with Gasteiger partial charge in [0.1, 0.15) is 5.75 Å². The Labute approximate surface area is 171 Å². The van der Waals surface area contributed by atoms with E-state index in [0.29, 0.717) is 29.5 Å². The van der Waals surface area contributed by atoms with Crippen LogP contribution in [0.15, 0.2) is 47.5 Å². The molecule has 0 saturated carbocycles. The van der Waals surface area contributed by atoms with Crippen molar-refractivity contribution >= 4 is 33.5 Å². The molecule has 29 heavy (non-hydrogen) atoms. The Kier molecular flexibility index (Phi) is 5.64. The Morgan fingerprint density at radius 2 is 2.07 bits per heavy atom. The van der Waals surface area contributed by atoms with Gasteiger partial charge in [0, 0.05) is 19.7 Å². The SMILES string of the molecule is COCCn1c(=NC(=O)/C=C\c2ccc3c(c2)OCO3)sc2cc(OC)ccc21. The number of ether oxygens (including phenoxy) is 4. The summed E-state index contributed by atoms with van der Waals surface area (Å²) < 4.78 is 24.1. The molecule has 150 valence electrons. The lowest BCUT2D eigenvalue weighted by Crippen LogP contribution is -2.18. The van der Waals surface area contributed by atoms with Crippen LogP contribution in [0.3, 0.4) is 0 Å². The van der Waals surface area contributed by atoms with E-state index in [1.54, 1.807) is 20.3 Å². The molecule has 0 aliphatic carbocycles. The van der Waals surface area contributed by atoms with Crippen molar-refractivity contribution < 1.29 is 23.7 Å². The average molecular weight is 412 g/mol.